The normalized spacial score (nSPS) is 12.0. The molecule has 4 aromatic rings. The van der Waals surface area contributed by atoms with Crippen LogP contribution < -0.4 is 10.9 Å². The van der Waals surface area contributed by atoms with Crippen LogP contribution in [0.4, 0.5) is 23.2 Å². The van der Waals surface area contributed by atoms with Gasteiger partial charge < -0.3 is 19.9 Å². The summed E-state index contributed by atoms with van der Waals surface area (Å²) in [6, 6.07) is 11.5. The van der Waals surface area contributed by atoms with Gasteiger partial charge in [-0.15, -0.1) is 0 Å². The lowest BCUT2D eigenvalue weighted by atomic mass is 9.93. The van der Waals surface area contributed by atoms with Crippen LogP contribution in [-0.2, 0) is 17.4 Å². The van der Waals surface area contributed by atoms with E-state index in [1.165, 1.54) is 12.1 Å². The Morgan fingerprint density at radius 3 is 2.56 bits per heavy atom. The van der Waals surface area contributed by atoms with Gasteiger partial charge in [-0.2, -0.15) is 13.2 Å². The zero-order valence-electron chi connectivity index (χ0n) is 20.1. The Kier molecular flexibility index (Phi) is 7.91. The first-order valence-electron chi connectivity index (χ1n) is 11.4. The highest BCUT2D eigenvalue weighted by Crippen LogP contribution is 2.37. The molecule has 0 saturated carbocycles. The topological polar surface area (TPSA) is 99.8 Å². The Balaban J connectivity index is 1.85. The molecule has 39 heavy (non-hydrogen) atoms. The lowest BCUT2D eigenvalue weighted by Crippen LogP contribution is -2.22. The maximum Gasteiger partial charge on any atom is 0.418 e. The van der Waals surface area contributed by atoms with E-state index >= 15 is 0 Å². The number of carbonyl (C=O) groups is 1. The van der Waals surface area contributed by atoms with Gasteiger partial charge in [-0.1, -0.05) is 35.9 Å². The van der Waals surface area contributed by atoms with E-state index in [0.29, 0.717) is 27.1 Å². The van der Waals surface area contributed by atoms with Gasteiger partial charge in [-0.05, 0) is 60.0 Å². The highest BCUT2D eigenvalue weighted by Gasteiger charge is 2.34. The molecule has 0 bridgehead atoms. The average molecular weight is 562 g/mol. The number of rotatable bonds is 6. The van der Waals surface area contributed by atoms with E-state index in [2.05, 4.69) is 5.32 Å². The molecule has 0 spiro atoms. The fourth-order valence-corrected chi connectivity index (χ4v) is 4.22. The van der Waals surface area contributed by atoms with Crippen LogP contribution in [0.1, 0.15) is 22.3 Å². The number of aryl methyl sites for hydroxylation is 1. The van der Waals surface area contributed by atoms with Crippen molar-refractivity contribution in [3.8, 4) is 11.1 Å². The molecule has 4 rings (SSSR count). The van der Waals surface area contributed by atoms with Crippen molar-refractivity contribution in [2.24, 2.45) is 0 Å². The highest BCUT2D eigenvalue weighted by atomic mass is 35.5. The number of benzene rings is 3. The van der Waals surface area contributed by atoms with E-state index in [1.54, 1.807) is 37.3 Å². The van der Waals surface area contributed by atoms with Crippen LogP contribution in [0.3, 0.4) is 0 Å². The van der Waals surface area contributed by atoms with E-state index in [4.69, 9.17) is 26.2 Å². The van der Waals surface area contributed by atoms with Gasteiger partial charge in [0.15, 0.2) is 6.29 Å². The predicted molar refractivity (Wildman–Crippen MR) is 139 cm³/mol. The summed E-state index contributed by atoms with van der Waals surface area (Å²) >= 11 is 6.21. The van der Waals surface area contributed by atoms with Crippen molar-refractivity contribution < 1.29 is 37.0 Å². The molecule has 0 unspecified atom stereocenters. The number of nitrogens with one attached hydrogen (secondary N) is 1. The maximum atomic E-state index is 13.5. The van der Waals surface area contributed by atoms with Crippen LogP contribution in [0.5, 0.6) is 0 Å². The van der Waals surface area contributed by atoms with Crippen LogP contribution >= 0.6 is 11.6 Å². The van der Waals surface area contributed by atoms with Gasteiger partial charge in [0, 0.05) is 22.0 Å². The largest absolute Gasteiger partial charge is 0.422 e. The summed E-state index contributed by atoms with van der Waals surface area (Å²) in [6.07, 6.45) is -4.75. The van der Waals surface area contributed by atoms with Crippen molar-refractivity contribution in [1.82, 2.24) is 0 Å². The Bertz CT molecular complexity index is 1660. The zero-order chi connectivity index (χ0) is 28.5. The second-order valence-corrected chi connectivity index (χ2v) is 9.06. The van der Waals surface area contributed by atoms with Crippen LogP contribution in [0.25, 0.3) is 28.2 Å². The highest BCUT2D eigenvalue weighted by molar-refractivity contribution is 6.32. The van der Waals surface area contributed by atoms with Crippen molar-refractivity contribution in [2.75, 3.05) is 5.32 Å². The molecule has 0 atom stereocenters. The predicted octanol–water partition coefficient (Wildman–Crippen LogP) is 6.08. The van der Waals surface area contributed by atoms with E-state index in [-0.39, 0.29) is 22.8 Å². The summed E-state index contributed by atoms with van der Waals surface area (Å²) in [5.41, 5.74) is -1.07. The van der Waals surface area contributed by atoms with Gasteiger partial charge in [0.25, 0.3) is 0 Å². The third kappa shape index (κ3) is 6.36. The lowest BCUT2D eigenvalue weighted by Gasteiger charge is -2.16. The quantitative estimate of drug-likeness (QED) is 0.150. The first-order valence-corrected chi connectivity index (χ1v) is 11.8. The minimum atomic E-state index is -4.94. The molecule has 3 N–H and O–H groups in total. The number of hydrogen-bond acceptors (Lipinski definition) is 5. The van der Waals surface area contributed by atoms with E-state index in [9.17, 15) is 27.2 Å². The second kappa shape index (κ2) is 11.0. The van der Waals surface area contributed by atoms with Gasteiger partial charge in [-0.25, -0.2) is 9.18 Å². The monoisotopic (exact) mass is 561 g/mol. The van der Waals surface area contributed by atoms with Crippen LogP contribution in [-0.4, -0.2) is 22.4 Å². The number of hydrogen-bond donors (Lipinski definition) is 3. The number of alkyl halides is 3. The van der Waals surface area contributed by atoms with Crippen molar-refractivity contribution >= 4 is 40.2 Å². The second-order valence-electron chi connectivity index (χ2n) is 8.65. The zero-order valence-corrected chi connectivity index (χ0v) is 20.9. The molecule has 11 heteroatoms. The Morgan fingerprint density at radius 1 is 1.13 bits per heavy atom. The summed E-state index contributed by atoms with van der Waals surface area (Å²) in [6.45, 7) is 1.72. The van der Waals surface area contributed by atoms with Crippen molar-refractivity contribution in [2.45, 2.75) is 25.8 Å². The first kappa shape index (κ1) is 28.0. The maximum absolute atomic E-state index is 13.5. The molecule has 6 nitrogen and oxygen atoms in total. The van der Waals surface area contributed by atoms with Crippen molar-refractivity contribution in [3.63, 3.8) is 0 Å². The number of halogens is 5. The fraction of sp³-hybridized carbons (Fsp3) is 0.143. The van der Waals surface area contributed by atoms with Gasteiger partial charge in [0.2, 0.25) is 5.91 Å². The van der Waals surface area contributed by atoms with Gasteiger partial charge in [0.1, 0.15) is 11.4 Å². The summed E-state index contributed by atoms with van der Waals surface area (Å²) in [7, 11) is 0. The number of fused-ring (bicyclic) bond motifs is 1. The Hall–Kier alpha value is -3.99. The summed E-state index contributed by atoms with van der Waals surface area (Å²) < 4.78 is 59.2. The summed E-state index contributed by atoms with van der Waals surface area (Å²) in [4.78, 5) is 26.0. The summed E-state index contributed by atoms with van der Waals surface area (Å²) in [5.74, 6) is -2.10. The molecular weight excluding hydrogens is 542 g/mol. The summed E-state index contributed by atoms with van der Waals surface area (Å²) in [5, 5.41) is 21.2. The van der Waals surface area contributed by atoms with Gasteiger partial charge in [-0.3, -0.25) is 4.79 Å². The first-order chi connectivity index (χ1) is 18.3. The third-order valence-electron chi connectivity index (χ3n) is 5.82. The molecular formula is C28H20ClF4NO5. The number of anilines is 1. The van der Waals surface area contributed by atoms with E-state index in [1.807, 2.05) is 0 Å². The fourth-order valence-electron chi connectivity index (χ4n) is 4.07. The van der Waals surface area contributed by atoms with Gasteiger partial charge in [0.05, 0.1) is 23.2 Å². The van der Waals surface area contributed by atoms with Crippen LogP contribution in [0, 0.1) is 12.7 Å². The van der Waals surface area contributed by atoms with Crippen LogP contribution in [0.15, 0.2) is 69.9 Å². The molecule has 3 aromatic carbocycles. The smallest absolute Gasteiger partial charge is 0.418 e. The molecule has 0 aliphatic rings. The van der Waals surface area contributed by atoms with Crippen molar-refractivity contribution in [3.05, 3.63) is 104 Å². The molecule has 0 radical (unpaired) electrons. The Morgan fingerprint density at radius 2 is 1.87 bits per heavy atom. The Labute approximate surface area is 223 Å². The molecule has 1 heterocycles. The van der Waals surface area contributed by atoms with E-state index < -0.39 is 47.5 Å². The molecule has 1 aromatic heterocycles. The van der Waals surface area contributed by atoms with Crippen molar-refractivity contribution in [1.29, 1.82) is 0 Å². The van der Waals surface area contributed by atoms with Crippen LogP contribution in [0.2, 0.25) is 5.02 Å². The standard InChI is InChI=1S/C28H20ClF4NO5/c1-14-9-18-23(13-21(14)29)39-27(38)19(26(18)16-4-2-3-15(10-16)5-8-25(36)37)12-24(35)34-22-7-6-17(30)11-20(22)28(31,32)33/h2-11,13,25,36-37H,12H2,1H3,(H,34,35). The molecule has 0 saturated heterocycles. The third-order valence-corrected chi connectivity index (χ3v) is 6.22. The molecule has 202 valence electrons. The SMILES string of the molecule is Cc1cc2c(-c3cccc(C=CC(O)O)c3)c(CC(=O)Nc3ccc(F)cc3C(F)(F)F)c(=O)oc2cc1Cl. The number of aliphatic hydroxyl groups excluding tert-OH is 1. The molecule has 0 aliphatic heterocycles. The average Bonchev–Trinajstić information content (AvgIpc) is 2.85. The number of amides is 1. The molecule has 0 aliphatic carbocycles. The number of carbonyl (C=O) groups excluding carboxylic acids is 1. The minimum absolute atomic E-state index is 0.124. The molecule has 0 fully saturated rings. The lowest BCUT2D eigenvalue weighted by molar-refractivity contribution is -0.137. The van der Waals surface area contributed by atoms with E-state index in [0.717, 1.165) is 18.2 Å². The minimum Gasteiger partial charge on any atom is -0.422 e. The molecule has 1 amide bonds. The van der Waals surface area contributed by atoms with Gasteiger partial charge >= 0.3 is 11.8 Å². The number of aliphatic hydroxyl groups is 2.